The third-order valence-corrected chi connectivity index (χ3v) is 5.86. The van der Waals surface area contributed by atoms with Crippen molar-refractivity contribution in [1.82, 2.24) is 14.7 Å². The number of nitrogens with one attached hydrogen (secondary N) is 2. The van der Waals surface area contributed by atoms with Crippen molar-refractivity contribution in [2.75, 3.05) is 42.7 Å². The van der Waals surface area contributed by atoms with Crippen LogP contribution in [0.3, 0.4) is 0 Å². The van der Waals surface area contributed by atoms with Gasteiger partial charge in [-0.1, -0.05) is 30.3 Å². The topological polar surface area (TPSA) is 82.5 Å². The van der Waals surface area contributed by atoms with Crippen molar-refractivity contribution in [3.05, 3.63) is 72.4 Å². The molecule has 1 aromatic heterocycles. The Balaban J connectivity index is 1.35. The van der Waals surface area contributed by atoms with Gasteiger partial charge < -0.3 is 20.4 Å². The Hall–Kier alpha value is -3.81. The summed E-state index contributed by atoms with van der Waals surface area (Å²) in [6.07, 6.45) is 3.23. The summed E-state index contributed by atoms with van der Waals surface area (Å²) < 4.78 is 1.78. The lowest BCUT2D eigenvalue weighted by Crippen LogP contribution is -2.45. The molecule has 8 heteroatoms. The molecule has 0 saturated carbocycles. The number of carbonyl (C=O) groups excluding carboxylic acids is 2. The van der Waals surface area contributed by atoms with Gasteiger partial charge in [0.25, 0.3) is 0 Å². The number of hydrogen-bond acceptors (Lipinski definition) is 4. The second kappa shape index (κ2) is 10.2. The highest BCUT2D eigenvalue weighted by Gasteiger charge is 2.29. The molecular formula is C25H30N6O2. The highest BCUT2D eigenvalue weighted by atomic mass is 16.2. The third kappa shape index (κ3) is 5.71. The molecule has 3 amide bonds. The zero-order chi connectivity index (χ0) is 23.2. The van der Waals surface area contributed by atoms with Gasteiger partial charge in [0.1, 0.15) is 5.82 Å². The zero-order valence-electron chi connectivity index (χ0n) is 19.1. The van der Waals surface area contributed by atoms with E-state index in [1.54, 1.807) is 21.8 Å². The van der Waals surface area contributed by atoms with E-state index in [1.165, 1.54) is 0 Å². The summed E-state index contributed by atoms with van der Waals surface area (Å²) in [5.41, 5.74) is 2.98. The molecule has 0 radical (unpaired) electrons. The normalized spacial score (nSPS) is 15.7. The van der Waals surface area contributed by atoms with Crippen LogP contribution in [0, 0.1) is 5.92 Å². The average molecular weight is 447 g/mol. The molecule has 1 fully saturated rings. The van der Waals surface area contributed by atoms with Gasteiger partial charge in [0.2, 0.25) is 5.91 Å². The molecule has 2 aromatic carbocycles. The monoisotopic (exact) mass is 446 g/mol. The van der Waals surface area contributed by atoms with Crippen molar-refractivity contribution in [2.24, 2.45) is 5.92 Å². The quantitative estimate of drug-likeness (QED) is 0.602. The molecule has 0 spiro atoms. The maximum absolute atomic E-state index is 13.0. The Bertz CT molecular complexity index is 1080. The predicted octanol–water partition coefficient (Wildman–Crippen LogP) is 3.88. The van der Waals surface area contributed by atoms with Crippen molar-refractivity contribution < 1.29 is 9.59 Å². The molecule has 4 rings (SSSR count). The Morgan fingerprint density at radius 3 is 2.52 bits per heavy atom. The molecule has 172 valence electrons. The Morgan fingerprint density at radius 2 is 1.79 bits per heavy atom. The van der Waals surface area contributed by atoms with Gasteiger partial charge in [-0.25, -0.2) is 9.48 Å². The van der Waals surface area contributed by atoms with Crippen LogP contribution in [-0.4, -0.2) is 53.8 Å². The molecule has 1 aliphatic rings. The molecule has 1 atom stereocenters. The van der Waals surface area contributed by atoms with Gasteiger partial charge in [-0.05, 0) is 42.7 Å². The van der Waals surface area contributed by atoms with Gasteiger partial charge in [0.05, 0.1) is 18.7 Å². The fraction of sp³-hybridized carbons (Fsp3) is 0.320. The van der Waals surface area contributed by atoms with E-state index in [4.69, 9.17) is 0 Å². The van der Waals surface area contributed by atoms with Crippen LogP contribution in [0.4, 0.5) is 22.0 Å². The van der Waals surface area contributed by atoms with Crippen molar-refractivity contribution >= 4 is 29.1 Å². The first-order valence-electron chi connectivity index (χ1n) is 11.2. The SMILES string of the molecule is CN(C)c1ccc(Cn2nccc2NC(=O)C2CCCN(C(=O)Nc3ccccc3)C2)cc1. The second-order valence-corrected chi connectivity index (χ2v) is 8.51. The first-order valence-corrected chi connectivity index (χ1v) is 11.2. The number of carbonyl (C=O) groups is 2. The van der Waals surface area contributed by atoms with Gasteiger partial charge in [-0.2, -0.15) is 5.10 Å². The summed E-state index contributed by atoms with van der Waals surface area (Å²) in [4.78, 5) is 29.4. The minimum atomic E-state index is -0.261. The van der Waals surface area contributed by atoms with E-state index >= 15 is 0 Å². The van der Waals surface area contributed by atoms with Crippen LogP contribution in [0.2, 0.25) is 0 Å². The van der Waals surface area contributed by atoms with E-state index in [0.29, 0.717) is 25.5 Å². The summed E-state index contributed by atoms with van der Waals surface area (Å²) in [5, 5.41) is 10.3. The first kappa shape index (κ1) is 22.4. The molecule has 0 aliphatic carbocycles. The van der Waals surface area contributed by atoms with Crippen molar-refractivity contribution in [2.45, 2.75) is 19.4 Å². The summed E-state index contributed by atoms with van der Waals surface area (Å²) in [7, 11) is 4.02. The molecular weight excluding hydrogens is 416 g/mol. The number of para-hydroxylation sites is 1. The molecule has 0 bridgehead atoms. The molecule has 33 heavy (non-hydrogen) atoms. The first-order chi connectivity index (χ1) is 16.0. The van der Waals surface area contributed by atoms with Crippen molar-refractivity contribution in [3.8, 4) is 0 Å². The minimum Gasteiger partial charge on any atom is -0.378 e. The van der Waals surface area contributed by atoms with Crippen molar-refractivity contribution in [1.29, 1.82) is 0 Å². The van der Waals surface area contributed by atoms with Gasteiger partial charge >= 0.3 is 6.03 Å². The van der Waals surface area contributed by atoms with Crippen molar-refractivity contribution in [3.63, 3.8) is 0 Å². The average Bonchev–Trinajstić information content (AvgIpc) is 3.26. The van der Waals surface area contributed by atoms with E-state index in [1.807, 2.05) is 44.4 Å². The number of rotatable bonds is 6. The van der Waals surface area contributed by atoms with E-state index in [-0.39, 0.29) is 17.9 Å². The van der Waals surface area contributed by atoms with Gasteiger partial charge in [0, 0.05) is 44.6 Å². The van der Waals surface area contributed by atoms with Crippen LogP contribution in [0.5, 0.6) is 0 Å². The molecule has 1 unspecified atom stereocenters. The molecule has 2 heterocycles. The summed E-state index contributed by atoms with van der Waals surface area (Å²) in [5.74, 6) is 0.308. The number of hydrogen-bond donors (Lipinski definition) is 2. The summed E-state index contributed by atoms with van der Waals surface area (Å²) in [6, 6.07) is 19.2. The van der Waals surface area contributed by atoms with Crippen LogP contribution in [0.15, 0.2) is 66.9 Å². The number of amides is 3. The maximum atomic E-state index is 13.0. The lowest BCUT2D eigenvalue weighted by molar-refractivity contribution is -0.121. The number of anilines is 3. The van der Waals surface area contributed by atoms with E-state index in [0.717, 1.165) is 29.8 Å². The maximum Gasteiger partial charge on any atom is 0.321 e. The smallest absolute Gasteiger partial charge is 0.321 e. The Morgan fingerprint density at radius 1 is 1.03 bits per heavy atom. The van der Waals surface area contributed by atoms with E-state index < -0.39 is 0 Å². The van der Waals surface area contributed by atoms with Crippen LogP contribution >= 0.6 is 0 Å². The minimum absolute atomic E-state index is 0.0862. The Labute approximate surface area is 194 Å². The second-order valence-electron chi connectivity index (χ2n) is 8.51. The number of likely N-dealkylation sites (tertiary alicyclic amines) is 1. The fourth-order valence-corrected chi connectivity index (χ4v) is 3.97. The standard InChI is InChI=1S/C25H30N6O2/c1-29(2)22-12-10-19(11-13-22)17-31-23(14-15-26-31)28-24(32)20-7-6-16-30(18-20)25(33)27-21-8-4-3-5-9-21/h3-5,8-15,20H,6-7,16-18H2,1-2H3,(H,27,33)(H,28,32). The molecule has 1 saturated heterocycles. The van der Waals surface area contributed by atoms with Crippen LogP contribution in [0.1, 0.15) is 18.4 Å². The van der Waals surface area contributed by atoms with Crippen LogP contribution in [-0.2, 0) is 11.3 Å². The number of benzene rings is 2. The molecule has 3 aromatic rings. The number of piperidine rings is 1. The number of nitrogens with zero attached hydrogens (tertiary/aromatic N) is 4. The van der Waals surface area contributed by atoms with E-state index in [2.05, 4.69) is 44.9 Å². The molecule has 1 aliphatic heterocycles. The zero-order valence-corrected chi connectivity index (χ0v) is 19.1. The number of urea groups is 1. The summed E-state index contributed by atoms with van der Waals surface area (Å²) >= 11 is 0. The highest BCUT2D eigenvalue weighted by molar-refractivity contribution is 5.93. The van der Waals surface area contributed by atoms with Crippen LogP contribution in [0.25, 0.3) is 0 Å². The predicted molar refractivity (Wildman–Crippen MR) is 130 cm³/mol. The fourth-order valence-electron chi connectivity index (χ4n) is 3.97. The van der Waals surface area contributed by atoms with E-state index in [9.17, 15) is 9.59 Å². The molecule has 2 N–H and O–H groups in total. The largest absolute Gasteiger partial charge is 0.378 e. The number of aromatic nitrogens is 2. The molecule has 8 nitrogen and oxygen atoms in total. The third-order valence-electron chi connectivity index (χ3n) is 5.86. The highest BCUT2D eigenvalue weighted by Crippen LogP contribution is 2.21. The van der Waals surface area contributed by atoms with Crippen LogP contribution < -0.4 is 15.5 Å². The Kier molecular flexibility index (Phi) is 6.92. The lowest BCUT2D eigenvalue weighted by atomic mass is 9.97. The van der Waals surface area contributed by atoms with Gasteiger partial charge in [-0.3, -0.25) is 4.79 Å². The van der Waals surface area contributed by atoms with Gasteiger partial charge in [0.15, 0.2) is 0 Å². The van der Waals surface area contributed by atoms with Gasteiger partial charge in [-0.15, -0.1) is 0 Å². The lowest BCUT2D eigenvalue weighted by Gasteiger charge is -2.32. The summed E-state index contributed by atoms with van der Waals surface area (Å²) in [6.45, 7) is 1.60.